The molecule has 0 radical (unpaired) electrons. The predicted octanol–water partition coefficient (Wildman–Crippen LogP) is 3.76. The van der Waals surface area contributed by atoms with Gasteiger partial charge in [0.25, 0.3) is 0 Å². The summed E-state index contributed by atoms with van der Waals surface area (Å²) in [7, 11) is 0. The lowest BCUT2D eigenvalue weighted by atomic mass is 10.1. The Balaban J connectivity index is 2.60. The van der Waals surface area contributed by atoms with E-state index >= 15 is 0 Å². The fraction of sp³-hybridized carbons (Fsp3) is 0.600. The molecule has 1 atom stereocenters. The standard InChI is InChI=1S/C15H24FNO/c1-5-8-12(11-17-15(2,3)4)18-14-10-7-6-9-13(14)16/h6-7,9-10,12,17H,5,8,11H2,1-4H3. The lowest BCUT2D eigenvalue weighted by Gasteiger charge is -2.26. The first kappa shape index (κ1) is 15.0. The van der Waals surface area contributed by atoms with Crippen molar-refractivity contribution in [2.24, 2.45) is 0 Å². The Morgan fingerprint density at radius 3 is 2.50 bits per heavy atom. The first-order valence-corrected chi connectivity index (χ1v) is 6.58. The van der Waals surface area contributed by atoms with Crippen molar-refractivity contribution in [2.45, 2.75) is 52.2 Å². The summed E-state index contributed by atoms with van der Waals surface area (Å²) in [5.74, 6) is 0.0426. The molecule has 2 nitrogen and oxygen atoms in total. The SMILES string of the molecule is CCCC(CNC(C)(C)C)Oc1ccccc1F. The van der Waals surface area contributed by atoms with E-state index in [2.05, 4.69) is 33.0 Å². The first-order chi connectivity index (χ1) is 8.42. The Labute approximate surface area is 110 Å². The molecule has 0 aliphatic heterocycles. The van der Waals surface area contributed by atoms with Crippen LogP contribution in [0.5, 0.6) is 5.75 Å². The van der Waals surface area contributed by atoms with Crippen LogP contribution in [-0.2, 0) is 0 Å². The lowest BCUT2D eigenvalue weighted by Crippen LogP contribution is -2.42. The highest BCUT2D eigenvalue weighted by atomic mass is 19.1. The van der Waals surface area contributed by atoms with Gasteiger partial charge in [-0.1, -0.05) is 25.5 Å². The highest BCUT2D eigenvalue weighted by molar-refractivity contribution is 5.23. The number of ether oxygens (including phenoxy) is 1. The van der Waals surface area contributed by atoms with E-state index in [4.69, 9.17) is 4.74 Å². The van der Waals surface area contributed by atoms with E-state index in [1.54, 1.807) is 18.2 Å². The molecule has 0 amide bonds. The van der Waals surface area contributed by atoms with E-state index in [1.165, 1.54) is 6.07 Å². The van der Waals surface area contributed by atoms with Crippen LogP contribution in [0.1, 0.15) is 40.5 Å². The van der Waals surface area contributed by atoms with Crippen LogP contribution in [0.2, 0.25) is 0 Å². The van der Waals surface area contributed by atoms with Gasteiger partial charge in [0.15, 0.2) is 11.6 Å². The third kappa shape index (κ3) is 5.50. The molecule has 1 aromatic rings. The summed E-state index contributed by atoms with van der Waals surface area (Å²) in [6, 6.07) is 6.56. The second kappa shape index (κ2) is 6.74. The molecule has 0 aromatic heterocycles. The Kier molecular flexibility index (Phi) is 5.60. The summed E-state index contributed by atoms with van der Waals surface area (Å²) in [5.41, 5.74) is 0.0462. The Morgan fingerprint density at radius 1 is 1.28 bits per heavy atom. The number of benzene rings is 1. The molecule has 0 fully saturated rings. The average Bonchev–Trinajstić information content (AvgIpc) is 2.28. The van der Waals surface area contributed by atoms with Gasteiger partial charge in [0, 0.05) is 12.1 Å². The molecule has 1 N–H and O–H groups in total. The Morgan fingerprint density at radius 2 is 1.94 bits per heavy atom. The van der Waals surface area contributed by atoms with Crippen LogP contribution in [0.3, 0.4) is 0 Å². The van der Waals surface area contributed by atoms with Crippen molar-refractivity contribution in [3.05, 3.63) is 30.1 Å². The van der Waals surface area contributed by atoms with Crippen molar-refractivity contribution < 1.29 is 9.13 Å². The summed E-state index contributed by atoms with van der Waals surface area (Å²) in [6.45, 7) is 9.16. The minimum absolute atomic E-state index is 0.00567. The van der Waals surface area contributed by atoms with Gasteiger partial charge >= 0.3 is 0 Å². The first-order valence-electron chi connectivity index (χ1n) is 6.58. The molecule has 0 saturated heterocycles. The minimum Gasteiger partial charge on any atom is -0.486 e. The van der Waals surface area contributed by atoms with Gasteiger partial charge in [-0.25, -0.2) is 4.39 Å². The fourth-order valence-electron chi connectivity index (χ4n) is 1.66. The zero-order valence-corrected chi connectivity index (χ0v) is 11.8. The van der Waals surface area contributed by atoms with Crippen LogP contribution in [0.15, 0.2) is 24.3 Å². The Bertz CT molecular complexity index is 360. The topological polar surface area (TPSA) is 21.3 Å². The van der Waals surface area contributed by atoms with Gasteiger partial charge in [-0.15, -0.1) is 0 Å². The van der Waals surface area contributed by atoms with E-state index in [9.17, 15) is 4.39 Å². The molecule has 18 heavy (non-hydrogen) atoms. The van der Waals surface area contributed by atoms with Crippen molar-refractivity contribution in [1.82, 2.24) is 5.32 Å². The maximum atomic E-state index is 13.5. The van der Waals surface area contributed by atoms with Crippen LogP contribution in [-0.4, -0.2) is 18.2 Å². The zero-order valence-electron chi connectivity index (χ0n) is 11.8. The minimum atomic E-state index is -0.297. The number of halogens is 1. The van der Waals surface area contributed by atoms with Gasteiger partial charge in [-0.3, -0.25) is 0 Å². The second-order valence-corrected chi connectivity index (χ2v) is 5.59. The van der Waals surface area contributed by atoms with Crippen molar-refractivity contribution in [3.8, 4) is 5.75 Å². The maximum absolute atomic E-state index is 13.5. The summed E-state index contributed by atoms with van der Waals surface area (Å²) in [6.07, 6.45) is 1.94. The molecule has 0 saturated carbocycles. The Hall–Kier alpha value is -1.09. The quantitative estimate of drug-likeness (QED) is 0.833. The highest BCUT2D eigenvalue weighted by Gasteiger charge is 2.16. The monoisotopic (exact) mass is 253 g/mol. The van der Waals surface area contributed by atoms with E-state index in [0.717, 1.165) is 19.4 Å². The smallest absolute Gasteiger partial charge is 0.165 e. The average molecular weight is 253 g/mol. The largest absolute Gasteiger partial charge is 0.486 e. The summed E-state index contributed by atoms with van der Waals surface area (Å²) < 4.78 is 19.3. The molecule has 0 bridgehead atoms. The highest BCUT2D eigenvalue weighted by Crippen LogP contribution is 2.18. The van der Waals surface area contributed by atoms with Crippen LogP contribution in [0.4, 0.5) is 4.39 Å². The summed E-state index contributed by atoms with van der Waals surface area (Å²) in [5, 5.41) is 3.40. The number of para-hydroxylation sites is 1. The lowest BCUT2D eigenvalue weighted by molar-refractivity contribution is 0.168. The third-order valence-electron chi connectivity index (χ3n) is 2.60. The molecule has 3 heteroatoms. The van der Waals surface area contributed by atoms with Gasteiger partial charge in [0.05, 0.1) is 0 Å². The molecule has 1 rings (SSSR count). The normalized spacial score (nSPS) is 13.4. The molecular formula is C15H24FNO. The molecule has 1 unspecified atom stereocenters. The van der Waals surface area contributed by atoms with Crippen LogP contribution >= 0.6 is 0 Å². The van der Waals surface area contributed by atoms with Crippen molar-refractivity contribution in [2.75, 3.05) is 6.54 Å². The fourth-order valence-corrected chi connectivity index (χ4v) is 1.66. The zero-order chi connectivity index (χ0) is 13.6. The van der Waals surface area contributed by atoms with Gasteiger partial charge in [0.1, 0.15) is 6.10 Å². The van der Waals surface area contributed by atoms with Crippen LogP contribution in [0.25, 0.3) is 0 Å². The third-order valence-corrected chi connectivity index (χ3v) is 2.60. The van der Waals surface area contributed by atoms with Gasteiger partial charge in [0.2, 0.25) is 0 Å². The predicted molar refractivity (Wildman–Crippen MR) is 73.5 cm³/mol. The molecule has 0 aliphatic carbocycles. The second-order valence-electron chi connectivity index (χ2n) is 5.59. The van der Waals surface area contributed by atoms with E-state index in [1.807, 2.05) is 0 Å². The van der Waals surface area contributed by atoms with Crippen molar-refractivity contribution in [1.29, 1.82) is 0 Å². The number of hydrogen-bond donors (Lipinski definition) is 1. The van der Waals surface area contributed by atoms with E-state index in [0.29, 0.717) is 5.75 Å². The molecule has 1 aromatic carbocycles. The van der Waals surface area contributed by atoms with E-state index < -0.39 is 0 Å². The van der Waals surface area contributed by atoms with Gasteiger partial charge in [-0.05, 0) is 39.3 Å². The van der Waals surface area contributed by atoms with Crippen molar-refractivity contribution in [3.63, 3.8) is 0 Å². The number of rotatable bonds is 6. The van der Waals surface area contributed by atoms with Gasteiger partial charge < -0.3 is 10.1 Å². The van der Waals surface area contributed by atoms with Crippen LogP contribution in [0, 0.1) is 5.82 Å². The number of hydrogen-bond acceptors (Lipinski definition) is 2. The number of nitrogens with one attached hydrogen (secondary N) is 1. The van der Waals surface area contributed by atoms with E-state index in [-0.39, 0.29) is 17.5 Å². The molecule has 0 spiro atoms. The summed E-state index contributed by atoms with van der Waals surface area (Å²) >= 11 is 0. The maximum Gasteiger partial charge on any atom is 0.165 e. The van der Waals surface area contributed by atoms with Crippen molar-refractivity contribution >= 4 is 0 Å². The molecule has 0 heterocycles. The molecule has 0 aliphatic rings. The van der Waals surface area contributed by atoms with Crippen LogP contribution < -0.4 is 10.1 Å². The molecular weight excluding hydrogens is 229 g/mol. The summed E-state index contributed by atoms with van der Waals surface area (Å²) in [4.78, 5) is 0. The van der Waals surface area contributed by atoms with Gasteiger partial charge in [-0.2, -0.15) is 0 Å². The molecule has 102 valence electrons.